The van der Waals surface area contributed by atoms with E-state index in [0.29, 0.717) is 17.3 Å². The van der Waals surface area contributed by atoms with Gasteiger partial charge in [-0.2, -0.15) is 0 Å². The van der Waals surface area contributed by atoms with Crippen molar-refractivity contribution in [2.75, 3.05) is 24.8 Å². The first kappa shape index (κ1) is 22.0. The van der Waals surface area contributed by atoms with Crippen molar-refractivity contribution in [2.24, 2.45) is 0 Å². The van der Waals surface area contributed by atoms with Crippen molar-refractivity contribution < 1.29 is 19.1 Å². The van der Waals surface area contributed by atoms with Crippen LogP contribution in [-0.2, 0) is 11.3 Å². The molecule has 0 aliphatic heterocycles. The van der Waals surface area contributed by atoms with E-state index >= 15 is 0 Å². The number of anilines is 3. The Morgan fingerprint density at radius 2 is 1.91 bits per heavy atom. The Labute approximate surface area is 189 Å². The van der Waals surface area contributed by atoms with E-state index in [9.17, 15) is 9.59 Å². The van der Waals surface area contributed by atoms with Gasteiger partial charge < -0.3 is 20.1 Å². The Hall–Kier alpha value is -4.19. The van der Waals surface area contributed by atoms with Crippen LogP contribution in [-0.4, -0.2) is 51.1 Å². The van der Waals surface area contributed by atoms with Crippen molar-refractivity contribution in [3.63, 3.8) is 0 Å². The van der Waals surface area contributed by atoms with E-state index in [1.165, 1.54) is 20.5 Å². The molecular formula is C21H22N8O4. The van der Waals surface area contributed by atoms with Crippen molar-refractivity contribution in [1.82, 2.24) is 30.2 Å². The summed E-state index contributed by atoms with van der Waals surface area (Å²) in [6, 6.07) is 3.20. The third kappa shape index (κ3) is 5.54. The van der Waals surface area contributed by atoms with Crippen LogP contribution in [0.4, 0.5) is 22.0 Å². The van der Waals surface area contributed by atoms with Gasteiger partial charge in [0, 0.05) is 20.1 Å². The number of amides is 2. The smallest absolute Gasteiger partial charge is 0.387 e. The van der Waals surface area contributed by atoms with Gasteiger partial charge in [-0.05, 0) is 25.0 Å². The van der Waals surface area contributed by atoms with Crippen molar-refractivity contribution in [2.45, 2.75) is 25.4 Å². The highest BCUT2D eigenvalue weighted by Gasteiger charge is 2.27. The molecule has 1 aliphatic carbocycles. The second kappa shape index (κ2) is 9.96. The minimum atomic E-state index is -0.851. The molecule has 0 aromatic carbocycles. The number of nitrogens with one attached hydrogen (secondary N) is 3. The Kier molecular flexibility index (Phi) is 6.64. The Balaban J connectivity index is 1.56. The molecule has 3 aromatic rings. The molecule has 170 valence electrons. The molecule has 0 bridgehead atoms. The second-order valence-electron chi connectivity index (χ2n) is 7.20. The van der Waals surface area contributed by atoms with Gasteiger partial charge >= 0.3 is 6.09 Å². The van der Waals surface area contributed by atoms with E-state index in [-0.39, 0.29) is 29.7 Å². The maximum absolute atomic E-state index is 12.7. The number of nitrogens with zero attached hydrogens (tertiary/aromatic N) is 5. The summed E-state index contributed by atoms with van der Waals surface area (Å²) < 4.78 is 10.5. The first-order valence-corrected chi connectivity index (χ1v) is 10.2. The fourth-order valence-electron chi connectivity index (χ4n) is 2.96. The van der Waals surface area contributed by atoms with Gasteiger partial charge in [0.25, 0.3) is 11.8 Å². The molecule has 0 saturated heterocycles. The van der Waals surface area contributed by atoms with Gasteiger partial charge in [0.2, 0.25) is 0 Å². The highest BCUT2D eigenvalue weighted by atomic mass is 16.6. The SMILES string of the molecule is CNC(=O)c1nc(COC)ccc1NC(=O)Oc1nc(C2CC2)cnc1Nc1cncnc1. The number of aromatic nitrogens is 5. The van der Waals surface area contributed by atoms with Crippen LogP contribution in [0.5, 0.6) is 5.88 Å². The minimum Gasteiger partial charge on any atom is -0.387 e. The number of methoxy groups -OCH3 is 1. The number of hydrogen-bond acceptors (Lipinski definition) is 10. The van der Waals surface area contributed by atoms with E-state index in [1.54, 1.807) is 30.7 Å². The largest absolute Gasteiger partial charge is 0.418 e. The predicted molar refractivity (Wildman–Crippen MR) is 117 cm³/mol. The summed E-state index contributed by atoms with van der Waals surface area (Å²) in [5.74, 6) is 0.0512. The van der Waals surface area contributed by atoms with Crippen molar-refractivity contribution in [1.29, 1.82) is 0 Å². The molecule has 12 nitrogen and oxygen atoms in total. The zero-order valence-corrected chi connectivity index (χ0v) is 18.0. The summed E-state index contributed by atoms with van der Waals surface area (Å²) in [5.41, 5.74) is 2.04. The lowest BCUT2D eigenvalue weighted by Crippen LogP contribution is -2.25. The fraction of sp³-hybridized carbons (Fsp3) is 0.286. The maximum atomic E-state index is 12.7. The topological polar surface area (TPSA) is 153 Å². The zero-order chi connectivity index (χ0) is 23.2. The van der Waals surface area contributed by atoms with Crippen LogP contribution in [0.25, 0.3) is 0 Å². The molecule has 3 aromatic heterocycles. The third-order valence-corrected chi connectivity index (χ3v) is 4.69. The molecule has 0 unspecified atom stereocenters. The van der Waals surface area contributed by atoms with E-state index in [4.69, 9.17) is 9.47 Å². The summed E-state index contributed by atoms with van der Waals surface area (Å²) in [7, 11) is 2.99. The summed E-state index contributed by atoms with van der Waals surface area (Å²) in [4.78, 5) is 45.9. The normalized spacial score (nSPS) is 12.7. The monoisotopic (exact) mass is 450 g/mol. The molecule has 1 saturated carbocycles. The highest BCUT2D eigenvalue weighted by Crippen LogP contribution is 2.40. The lowest BCUT2D eigenvalue weighted by Gasteiger charge is -2.13. The van der Waals surface area contributed by atoms with Crippen LogP contribution in [0.15, 0.2) is 37.1 Å². The van der Waals surface area contributed by atoms with E-state index in [2.05, 4.69) is 40.9 Å². The van der Waals surface area contributed by atoms with Crippen LogP contribution < -0.4 is 20.7 Å². The molecule has 1 fully saturated rings. The quantitative estimate of drug-likeness (QED) is 0.466. The third-order valence-electron chi connectivity index (χ3n) is 4.69. The first-order valence-electron chi connectivity index (χ1n) is 10.2. The molecule has 3 heterocycles. The van der Waals surface area contributed by atoms with Gasteiger partial charge in [0.05, 0.1) is 48.0 Å². The highest BCUT2D eigenvalue weighted by molar-refractivity contribution is 6.01. The van der Waals surface area contributed by atoms with Gasteiger partial charge in [-0.1, -0.05) is 0 Å². The lowest BCUT2D eigenvalue weighted by atomic mass is 10.2. The number of hydrogen-bond donors (Lipinski definition) is 3. The summed E-state index contributed by atoms with van der Waals surface area (Å²) in [5, 5.41) is 8.05. The van der Waals surface area contributed by atoms with Gasteiger partial charge in [0.15, 0.2) is 11.5 Å². The van der Waals surface area contributed by atoms with Crippen LogP contribution in [0.1, 0.15) is 40.6 Å². The standard InChI is InChI=1S/C21H22N8O4/c1-22-19(30)17-15(6-5-13(26-17)10-32-2)29-21(31)33-20-18(27-14-7-23-11-24-8-14)25-9-16(28-20)12-3-4-12/h5-9,11-12H,3-4,10H2,1-2H3,(H,22,30)(H,25,27)(H,29,31). The zero-order valence-electron chi connectivity index (χ0n) is 18.0. The average molecular weight is 450 g/mol. The van der Waals surface area contributed by atoms with Crippen LogP contribution >= 0.6 is 0 Å². The van der Waals surface area contributed by atoms with Crippen molar-refractivity contribution in [3.8, 4) is 5.88 Å². The molecule has 3 N–H and O–H groups in total. The van der Waals surface area contributed by atoms with E-state index < -0.39 is 12.0 Å². The Morgan fingerprint density at radius 3 is 2.61 bits per heavy atom. The number of pyridine rings is 1. The van der Waals surface area contributed by atoms with Gasteiger partial charge in [0.1, 0.15) is 6.33 Å². The number of rotatable bonds is 8. The average Bonchev–Trinajstić information content (AvgIpc) is 3.67. The maximum Gasteiger partial charge on any atom is 0.418 e. The number of carbonyl (C=O) groups excluding carboxylic acids is 2. The van der Waals surface area contributed by atoms with Gasteiger partial charge in [-0.15, -0.1) is 0 Å². The van der Waals surface area contributed by atoms with Crippen molar-refractivity contribution in [3.05, 3.63) is 54.1 Å². The van der Waals surface area contributed by atoms with E-state index in [1.807, 2.05) is 0 Å². The van der Waals surface area contributed by atoms with Crippen molar-refractivity contribution >= 4 is 29.2 Å². The summed E-state index contributed by atoms with van der Waals surface area (Å²) in [6.45, 7) is 0.219. The van der Waals surface area contributed by atoms with Gasteiger partial charge in [-0.3, -0.25) is 10.1 Å². The molecule has 2 amide bonds. The van der Waals surface area contributed by atoms with Gasteiger partial charge in [-0.25, -0.2) is 29.7 Å². The van der Waals surface area contributed by atoms with Crippen LogP contribution in [0.2, 0.25) is 0 Å². The molecule has 12 heteroatoms. The molecular weight excluding hydrogens is 428 g/mol. The molecule has 1 aliphatic rings. The number of carbonyl (C=O) groups is 2. The summed E-state index contributed by atoms with van der Waals surface area (Å²) in [6.07, 6.45) is 7.32. The minimum absolute atomic E-state index is 0.00814. The number of ether oxygens (including phenoxy) is 2. The van der Waals surface area contributed by atoms with Crippen LogP contribution in [0.3, 0.4) is 0 Å². The Morgan fingerprint density at radius 1 is 1.12 bits per heavy atom. The first-order chi connectivity index (χ1) is 16.1. The summed E-state index contributed by atoms with van der Waals surface area (Å²) >= 11 is 0. The van der Waals surface area contributed by atoms with Crippen LogP contribution in [0, 0.1) is 0 Å². The molecule has 0 radical (unpaired) electrons. The Bertz CT molecular complexity index is 1150. The second-order valence-corrected chi connectivity index (χ2v) is 7.20. The molecule has 33 heavy (non-hydrogen) atoms. The fourth-order valence-corrected chi connectivity index (χ4v) is 2.96. The molecule has 0 spiro atoms. The molecule has 4 rings (SSSR count). The molecule has 0 atom stereocenters. The van der Waals surface area contributed by atoms with E-state index in [0.717, 1.165) is 18.5 Å². The predicted octanol–water partition coefficient (Wildman–Crippen LogP) is 2.40. The lowest BCUT2D eigenvalue weighted by molar-refractivity contribution is 0.0958.